The van der Waals surface area contributed by atoms with Crippen molar-refractivity contribution >= 4 is 27.3 Å². The van der Waals surface area contributed by atoms with Gasteiger partial charge < -0.3 is 9.80 Å². The van der Waals surface area contributed by atoms with Crippen LogP contribution >= 0.6 is 0 Å². The first-order chi connectivity index (χ1) is 16.3. The molecule has 1 fully saturated rings. The van der Waals surface area contributed by atoms with E-state index in [0.29, 0.717) is 31.7 Å². The zero-order valence-electron chi connectivity index (χ0n) is 18.9. The minimum absolute atomic E-state index is 0.00435. The Balaban J connectivity index is 1.34. The second kappa shape index (κ2) is 8.85. The largest absolute Gasteiger partial charge is 0.369 e. The van der Waals surface area contributed by atoms with Crippen LogP contribution in [0.1, 0.15) is 22.8 Å². The minimum atomic E-state index is -3.75. The Morgan fingerprint density at radius 3 is 2.35 bits per heavy atom. The Labute approximate surface area is 199 Å². The number of sulfonamides is 1. The summed E-state index contributed by atoms with van der Waals surface area (Å²) in [4.78, 5) is 17.3. The first-order valence-corrected chi connectivity index (χ1v) is 12.8. The molecule has 0 aliphatic carbocycles. The maximum atomic E-state index is 13.4. The lowest BCUT2D eigenvalue weighted by Gasteiger charge is -2.35. The predicted octanol–water partition coefficient (Wildman–Crippen LogP) is 3.93. The van der Waals surface area contributed by atoms with E-state index in [1.807, 2.05) is 36.1 Å². The predicted molar refractivity (Wildman–Crippen MR) is 130 cm³/mol. The van der Waals surface area contributed by atoms with Gasteiger partial charge >= 0.3 is 0 Å². The van der Waals surface area contributed by atoms with Crippen LogP contribution in [0.2, 0.25) is 0 Å². The molecule has 8 heteroatoms. The Bertz CT molecular complexity index is 1320. The van der Waals surface area contributed by atoms with E-state index in [-0.39, 0.29) is 22.7 Å². The molecule has 176 valence electrons. The second-order valence-electron chi connectivity index (χ2n) is 8.75. The molecule has 3 aromatic carbocycles. The lowest BCUT2D eigenvalue weighted by Crippen LogP contribution is -2.48. The van der Waals surface area contributed by atoms with E-state index in [9.17, 15) is 17.6 Å². The number of hydrogen-bond acceptors (Lipinski definition) is 4. The number of benzene rings is 3. The molecule has 6 nitrogen and oxygen atoms in total. The summed E-state index contributed by atoms with van der Waals surface area (Å²) in [5, 5.41) is 0. The van der Waals surface area contributed by atoms with Crippen LogP contribution in [0.25, 0.3) is 0 Å². The highest BCUT2D eigenvalue weighted by Crippen LogP contribution is 2.33. The number of nitrogens with zero attached hydrogens (tertiary/aromatic N) is 3. The van der Waals surface area contributed by atoms with Gasteiger partial charge in [-0.25, -0.2) is 12.8 Å². The van der Waals surface area contributed by atoms with Crippen molar-refractivity contribution in [2.75, 3.05) is 36.0 Å². The number of hydrogen-bond donors (Lipinski definition) is 0. The molecule has 5 rings (SSSR count). The summed E-state index contributed by atoms with van der Waals surface area (Å²) in [6.07, 6.45) is 0.776. The fourth-order valence-electron chi connectivity index (χ4n) is 4.79. The summed E-state index contributed by atoms with van der Waals surface area (Å²) in [5.41, 5.74) is 3.22. The first kappa shape index (κ1) is 22.6. The van der Waals surface area contributed by atoms with E-state index in [0.717, 1.165) is 23.4 Å². The van der Waals surface area contributed by atoms with Crippen molar-refractivity contribution < 1.29 is 17.6 Å². The molecule has 0 spiro atoms. The molecule has 0 N–H and O–H groups in total. The average Bonchev–Trinajstić information content (AvgIpc) is 3.20. The smallest absolute Gasteiger partial charge is 0.258 e. The van der Waals surface area contributed by atoms with Crippen molar-refractivity contribution in [3.05, 3.63) is 89.7 Å². The number of carbonyl (C=O) groups is 1. The summed E-state index contributed by atoms with van der Waals surface area (Å²) in [6.45, 7) is 3.64. The Morgan fingerprint density at radius 1 is 0.912 bits per heavy atom. The van der Waals surface area contributed by atoms with Gasteiger partial charge in [-0.05, 0) is 67.4 Å². The fraction of sp³-hybridized carbons (Fsp3) is 0.269. The van der Waals surface area contributed by atoms with Crippen LogP contribution in [0.15, 0.2) is 77.7 Å². The van der Waals surface area contributed by atoms with Crippen LogP contribution in [0.4, 0.5) is 15.8 Å². The summed E-state index contributed by atoms with van der Waals surface area (Å²) in [5.74, 6) is -0.498. The molecule has 34 heavy (non-hydrogen) atoms. The summed E-state index contributed by atoms with van der Waals surface area (Å²) in [6, 6.07) is 20.3. The SMILES string of the molecule is CC1Cc2ccccc2N1C(=O)c1cccc(S(=O)(=O)N2CCN(c3ccc(F)cc3)CC2)c1. The number of piperazine rings is 1. The summed E-state index contributed by atoms with van der Waals surface area (Å²) >= 11 is 0. The van der Waals surface area contributed by atoms with E-state index in [1.54, 1.807) is 35.2 Å². The van der Waals surface area contributed by atoms with Crippen LogP contribution in [-0.4, -0.2) is 50.9 Å². The van der Waals surface area contributed by atoms with Gasteiger partial charge in [-0.15, -0.1) is 0 Å². The topological polar surface area (TPSA) is 60.9 Å². The van der Waals surface area contributed by atoms with Crippen molar-refractivity contribution in [2.24, 2.45) is 0 Å². The normalized spacial score (nSPS) is 18.7. The minimum Gasteiger partial charge on any atom is -0.369 e. The highest BCUT2D eigenvalue weighted by molar-refractivity contribution is 7.89. The summed E-state index contributed by atoms with van der Waals surface area (Å²) < 4.78 is 41.4. The molecule has 3 aromatic rings. The Kier molecular flexibility index (Phi) is 5.87. The van der Waals surface area contributed by atoms with Gasteiger partial charge in [-0.1, -0.05) is 24.3 Å². The number of anilines is 2. The van der Waals surface area contributed by atoms with Gasteiger partial charge in [-0.2, -0.15) is 4.31 Å². The lowest BCUT2D eigenvalue weighted by atomic mass is 10.1. The maximum absolute atomic E-state index is 13.4. The maximum Gasteiger partial charge on any atom is 0.258 e. The first-order valence-electron chi connectivity index (χ1n) is 11.4. The van der Waals surface area contributed by atoms with Crippen LogP contribution in [0.3, 0.4) is 0 Å². The summed E-state index contributed by atoms with van der Waals surface area (Å²) in [7, 11) is -3.75. The number of rotatable bonds is 4. The molecule has 1 amide bonds. The van der Waals surface area contributed by atoms with Gasteiger partial charge in [0.05, 0.1) is 4.90 Å². The molecule has 0 aromatic heterocycles. The Morgan fingerprint density at radius 2 is 1.62 bits per heavy atom. The van der Waals surface area contributed by atoms with Gasteiger partial charge in [0.15, 0.2) is 0 Å². The van der Waals surface area contributed by atoms with Gasteiger partial charge in [0, 0.05) is 49.2 Å². The molecular formula is C26H26FN3O3S. The van der Waals surface area contributed by atoms with Crippen LogP contribution in [0.5, 0.6) is 0 Å². The number of para-hydroxylation sites is 1. The molecule has 0 bridgehead atoms. The zero-order chi connectivity index (χ0) is 23.9. The third-order valence-electron chi connectivity index (χ3n) is 6.58. The lowest BCUT2D eigenvalue weighted by molar-refractivity contribution is 0.0981. The highest BCUT2D eigenvalue weighted by Gasteiger charge is 2.33. The van der Waals surface area contributed by atoms with E-state index in [4.69, 9.17) is 0 Å². The van der Waals surface area contributed by atoms with E-state index in [2.05, 4.69) is 0 Å². The third-order valence-corrected chi connectivity index (χ3v) is 8.47. The average molecular weight is 480 g/mol. The van der Waals surface area contributed by atoms with Crippen molar-refractivity contribution in [3.8, 4) is 0 Å². The fourth-order valence-corrected chi connectivity index (χ4v) is 6.26. The molecule has 2 heterocycles. The van der Waals surface area contributed by atoms with Crippen LogP contribution < -0.4 is 9.80 Å². The van der Waals surface area contributed by atoms with Gasteiger partial charge in [0.1, 0.15) is 5.82 Å². The monoisotopic (exact) mass is 479 g/mol. The van der Waals surface area contributed by atoms with Crippen LogP contribution in [0, 0.1) is 5.82 Å². The number of halogens is 1. The van der Waals surface area contributed by atoms with Gasteiger partial charge in [0.2, 0.25) is 10.0 Å². The zero-order valence-corrected chi connectivity index (χ0v) is 19.7. The number of carbonyl (C=O) groups excluding carboxylic acids is 1. The van der Waals surface area contributed by atoms with Crippen molar-refractivity contribution in [2.45, 2.75) is 24.3 Å². The standard InChI is InChI=1S/C26H26FN3O3S/c1-19-17-20-5-2-3-8-25(20)30(19)26(31)21-6-4-7-24(18-21)34(32,33)29-15-13-28(14-16-29)23-11-9-22(27)10-12-23/h2-12,18-19H,13-17H2,1H3. The molecule has 1 unspecified atom stereocenters. The molecule has 0 radical (unpaired) electrons. The number of amides is 1. The molecule has 2 aliphatic heterocycles. The van der Waals surface area contributed by atoms with Crippen molar-refractivity contribution in [3.63, 3.8) is 0 Å². The molecule has 0 saturated carbocycles. The van der Waals surface area contributed by atoms with E-state index in [1.165, 1.54) is 22.5 Å². The quantitative estimate of drug-likeness (QED) is 0.569. The van der Waals surface area contributed by atoms with E-state index < -0.39 is 10.0 Å². The van der Waals surface area contributed by atoms with Gasteiger partial charge in [-0.3, -0.25) is 4.79 Å². The van der Waals surface area contributed by atoms with Crippen LogP contribution in [-0.2, 0) is 16.4 Å². The molecule has 2 aliphatic rings. The van der Waals surface area contributed by atoms with E-state index >= 15 is 0 Å². The van der Waals surface area contributed by atoms with Crippen molar-refractivity contribution in [1.82, 2.24) is 4.31 Å². The van der Waals surface area contributed by atoms with Crippen molar-refractivity contribution in [1.29, 1.82) is 0 Å². The molecule has 1 atom stereocenters. The molecular weight excluding hydrogens is 453 g/mol. The highest BCUT2D eigenvalue weighted by atomic mass is 32.2. The number of fused-ring (bicyclic) bond motifs is 1. The third kappa shape index (κ3) is 4.08. The second-order valence-corrected chi connectivity index (χ2v) is 10.7. The Hall–Kier alpha value is -3.23. The van der Waals surface area contributed by atoms with Gasteiger partial charge in [0.25, 0.3) is 5.91 Å². The molecule has 1 saturated heterocycles.